The molecule has 0 bridgehead atoms. The molecule has 1 atom stereocenters. The van der Waals surface area contributed by atoms with Gasteiger partial charge in [-0.25, -0.2) is 4.39 Å². The summed E-state index contributed by atoms with van der Waals surface area (Å²) in [7, 11) is 0. The van der Waals surface area contributed by atoms with E-state index in [0.717, 1.165) is 0 Å². The Hall–Kier alpha value is -1.78. The molecule has 0 saturated heterocycles. The van der Waals surface area contributed by atoms with Gasteiger partial charge in [-0.15, -0.1) is 0 Å². The molecule has 0 radical (unpaired) electrons. The highest BCUT2D eigenvalue weighted by Crippen LogP contribution is 2.16. The fourth-order valence-corrected chi connectivity index (χ4v) is 1.74. The van der Waals surface area contributed by atoms with E-state index in [1.165, 1.54) is 6.07 Å². The molecule has 106 valence electrons. The van der Waals surface area contributed by atoms with Gasteiger partial charge in [0.2, 0.25) is 0 Å². The minimum absolute atomic E-state index is 0.114. The Labute approximate surface area is 122 Å². The molecule has 5 heteroatoms. The van der Waals surface area contributed by atoms with E-state index >= 15 is 0 Å². The first-order chi connectivity index (χ1) is 9.65. The Balaban J connectivity index is 1.77. The van der Waals surface area contributed by atoms with Crippen LogP contribution in [0.15, 0.2) is 48.5 Å². The highest BCUT2D eigenvalue weighted by atomic mass is 35.5. The predicted molar refractivity (Wildman–Crippen MR) is 77.8 cm³/mol. The summed E-state index contributed by atoms with van der Waals surface area (Å²) in [5, 5.41) is 13.2. The Kier molecular flexibility index (Phi) is 5.21. The maximum absolute atomic E-state index is 13.3. The minimum Gasteiger partial charge on any atom is -0.491 e. The predicted octanol–water partition coefficient (Wildman–Crippen LogP) is 3.33. The summed E-state index contributed by atoms with van der Waals surface area (Å²) in [6, 6.07) is 13.2. The molecule has 2 aromatic carbocycles. The molecule has 0 spiro atoms. The number of halogens is 2. The number of hydrogen-bond acceptors (Lipinski definition) is 3. The summed E-state index contributed by atoms with van der Waals surface area (Å²) >= 11 is 5.76. The van der Waals surface area contributed by atoms with Crippen molar-refractivity contribution in [2.45, 2.75) is 6.10 Å². The Bertz CT molecular complexity index is 548. The van der Waals surface area contributed by atoms with Crippen LogP contribution in [0.25, 0.3) is 0 Å². The molecule has 0 aromatic heterocycles. The zero-order valence-electron chi connectivity index (χ0n) is 10.7. The summed E-state index contributed by atoms with van der Waals surface area (Å²) in [6.45, 7) is 0.317. The molecular formula is C15H15ClFNO2. The van der Waals surface area contributed by atoms with Crippen molar-refractivity contribution in [3.05, 3.63) is 59.4 Å². The van der Waals surface area contributed by atoms with Gasteiger partial charge in [-0.3, -0.25) is 0 Å². The smallest absolute Gasteiger partial charge is 0.146 e. The summed E-state index contributed by atoms with van der Waals surface area (Å²) in [5.41, 5.74) is 0.359. The second-order valence-corrected chi connectivity index (χ2v) is 4.72. The Morgan fingerprint density at radius 2 is 1.85 bits per heavy atom. The van der Waals surface area contributed by atoms with Gasteiger partial charge < -0.3 is 15.2 Å². The molecule has 3 nitrogen and oxygen atoms in total. The van der Waals surface area contributed by atoms with E-state index < -0.39 is 6.10 Å². The highest BCUT2D eigenvalue weighted by molar-refractivity contribution is 6.30. The van der Waals surface area contributed by atoms with Crippen molar-refractivity contribution in [1.29, 1.82) is 0 Å². The summed E-state index contributed by atoms with van der Waals surface area (Å²) in [4.78, 5) is 0. The van der Waals surface area contributed by atoms with Crippen LogP contribution in [0.1, 0.15) is 0 Å². The van der Waals surface area contributed by atoms with Crippen LogP contribution < -0.4 is 10.1 Å². The molecule has 0 fully saturated rings. The first-order valence-electron chi connectivity index (χ1n) is 6.20. The number of ether oxygens (including phenoxy) is 1. The lowest BCUT2D eigenvalue weighted by molar-refractivity contribution is 0.117. The maximum Gasteiger partial charge on any atom is 0.146 e. The van der Waals surface area contributed by atoms with Gasteiger partial charge in [0.15, 0.2) is 0 Å². The van der Waals surface area contributed by atoms with Gasteiger partial charge in [-0.1, -0.05) is 23.7 Å². The van der Waals surface area contributed by atoms with E-state index in [0.29, 0.717) is 16.5 Å². The molecule has 0 amide bonds. The standard InChI is InChI=1S/C15H15ClFNO2/c16-11-5-7-13(8-6-11)20-10-12(19)9-18-15-4-2-1-3-14(15)17/h1-8,12,18-19H,9-10H2. The van der Waals surface area contributed by atoms with Crippen LogP contribution in [-0.4, -0.2) is 24.4 Å². The number of nitrogens with one attached hydrogen (secondary N) is 1. The third-order valence-electron chi connectivity index (χ3n) is 2.66. The fraction of sp³-hybridized carbons (Fsp3) is 0.200. The SMILES string of the molecule is OC(CNc1ccccc1F)COc1ccc(Cl)cc1. The quantitative estimate of drug-likeness (QED) is 0.859. The molecule has 2 rings (SSSR count). The van der Waals surface area contributed by atoms with Crippen LogP contribution in [0.3, 0.4) is 0 Å². The van der Waals surface area contributed by atoms with Crippen LogP contribution in [0, 0.1) is 5.82 Å². The van der Waals surface area contributed by atoms with Crippen molar-refractivity contribution in [1.82, 2.24) is 0 Å². The highest BCUT2D eigenvalue weighted by Gasteiger charge is 2.07. The lowest BCUT2D eigenvalue weighted by Gasteiger charge is -2.14. The van der Waals surface area contributed by atoms with Gasteiger partial charge >= 0.3 is 0 Å². The van der Waals surface area contributed by atoms with Crippen molar-refractivity contribution in [3.8, 4) is 5.75 Å². The Morgan fingerprint density at radius 1 is 1.15 bits per heavy atom. The first kappa shape index (κ1) is 14.6. The van der Waals surface area contributed by atoms with Gasteiger partial charge in [0.25, 0.3) is 0 Å². The lowest BCUT2D eigenvalue weighted by Crippen LogP contribution is -2.26. The molecule has 0 aliphatic carbocycles. The van der Waals surface area contributed by atoms with Gasteiger partial charge in [-0.05, 0) is 36.4 Å². The molecular weight excluding hydrogens is 281 g/mol. The zero-order valence-corrected chi connectivity index (χ0v) is 11.5. The van der Waals surface area contributed by atoms with Gasteiger partial charge in [-0.2, -0.15) is 0 Å². The molecule has 0 aliphatic heterocycles. The number of benzene rings is 2. The number of rotatable bonds is 6. The van der Waals surface area contributed by atoms with E-state index in [-0.39, 0.29) is 19.0 Å². The van der Waals surface area contributed by atoms with Gasteiger partial charge in [0, 0.05) is 11.6 Å². The van der Waals surface area contributed by atoms with Crippen molar-refractivity contribution in [3.63, 3.8) is 0 Å². The molecule has 1 unspecified atom stereocenters. The fourth-order valence-electron chi connectivity index (χ4n) is 1.61. The van der Waals surface area contributed by atoms with E-state index in [9.17, 15) is 9.50 Å². The third-order valence-corrected chi connectivity index (χ3v) is 2.91. The van der Waals surface area contributed by atoms with E-state index in [2.05, 4.69) is 5.32 Å². The largest absolute Gasteiger partial charge is 0.491 e. The van der Waals surface area contributed by atoms with Crippen LogP contribution in [0.4, 0.5) is 10.1 Å². The van der Waals surface area contributed by atoms with E-state index in [4.69, 9.17) is 16.3 Å². The molecule has 2 aromatic rings. The summed E-state index contributed by atoms with van der Waals surface area (Å²) in [5.74, 6) is 0.276. The van der Waals surface area contributed by atoms with E-state index in [1.807, 2.05) is 0 Å². The minimum atomic E-state index is -0.745. The molecule has 0 aliphatic rings. The topological polar surface area (TPSA) is 41.5 Å². The first-order valence-corrected chi connectivity index (χ1v) is 6.58. The van der Waals surface area contributed by atoms with Crippen molar-refractivity contribution >= 4 is 17.3 Å². The normalized spacial score (nSPS) is 11.9. The molecule has 0 saturated carbocycles. The Morgan fingerprint density at radius 3 is 2.55 bits per heavy atom. The van der Waals surface area contributed by atoms with E-state index in [1.54, 1.807) is 42.5 Å². The van der Waals surface area contributed by atoms with Crippen molar-refractivity contribution in [2.24, 2.45) is 0 Å². The second kappa shape index (κ2) is 7.12. The zero-order chi connectivity index (χ0) is 14.4. The number of para-hydroxylation sites is 1. The van der Waals surface area contributed by atoms with Crippen LogP contribution in [0.2, 0.25) is 5.02 Å². The number of hydrogen-bond donors (Lipinski definition) is 2. The molecule has 0 heterocycles. The summed E-state index contributed by atoms with van der Waals surface area (Å²) < 4.78 is 18.7. The maximum atomic E-state index is 13.3. The molecule has 20 heavy (non-hydrogen) atoms. The average molecular weight is 296 g/mol. The van der Waals surface area contributed by atoms with Crippen molar-refractivity contribution < 1.29 is 14.2 Å². The monoisotopic (exact) mass is 295 g/mol. The molecule has 2 N–H and O–H groups in total. The second-order valence-electron chi connectivity index (χ2n) is 4.28. The van der Waals surface area contributed by atoms with Crippen LogP contribution in [-0.2, 0) is 0 Å². The lowest BCUT2D eigenvalue weighted by atomic mass is 10.3. The number of anilines is 1. The number of aliphatic hydroxyl groups excluding tert-OH is 1. The average Bonchev–Trinajstić information content (AvgIpc) is 2.46. The van der Waals surface area contributed by atoms with Crippen LogP contribution in [0.5, 0.6) is 5.75 Å². The van der Waals surface area contributed by atoms with Crippen molar-refractivity contribution in [2.75, 3.05) is 18.5 Å². The number of aliphatic hydroxyl groups is 1. The third kappa shape index (κ3) is 4.40. The summed E-state index contributed by atoms with van der Waals surface area (Å²) in [6.07, 6.45) is -0.745. The van der Waals surface area contributed by atoms with Gasteiger partial charge in [0.1, 0.15) is 24.3 Å². The van der Waals surface area contributed by atoms with Crippen LogP contribution >= 0.6 is 11.6 Å². The van der Waals surface area contributed by atoms with Gasteiger partial charge in [0.05, 0.1) is 5.69 Å².